The van der Waals surface area contributed by atoms with Gasteiger partial charge < -0.3 is 15.4 Å². The SMILES string of the molecule is COc1ccc(Cl)cc1NC(=O)c1ccc(NCc2ccccc2)nn1. The second-order valence-electron chi connectivity index (χ2n) is 5.44. The first-order valence-electron chi connectivity index (χ1n) is 7.92. The topological polar surface area (TPSA) is 76.1 Å². The van der Waals surface area contributed by atoms with E-state index >= 15 is 0 Å². The quantitative estimate of drug-likeness (QED) is 0.687. The number of rotatable bonds is 6. The van der Waals surface area contributed by atoms with Gasteiger partial charge in [-0.2, -0.15) is 0 Å². The monoisotopic (exact) mass is 368 g/mol. The highest BCUT2D eigenvalue weighted by atomic mass is 35.5. The largest absolute Gasteiger partial charge is 0.495 e. The number of carbonyl (C=O) groups is 1. The van der Waals surface area contributed by atoms with Crippen molar-refractivity contribution >= 4 is 29.0 Å². The third-order valence-corrected chi connectivity index (χ3v) is 3.86. The maximum absolute atomic E-state index is 12.4. The lowest BCUT2D eigenvalue weighted by molar-refractivity contribution is 0.102. The van der Waals surface area contributed by atoms with Crippen molar-refractivity contribution in [2.24, 2.45) is 0 Å². The van der Waals surface area contributed by atoms with Crippen LogP contribution in [0.1, 0.15) is 16.1 Å². The fraction of sp³-hybridized carbons (Fsp3) is 0.105. The number of aromatic nitrogens is 2. The van der Waals surface area contributed by atoms with E-state index in [0.29, 0.717) is 28.8 Å². The van der Waals surface area contributed by atoms with Crippen molar-refractivity contribution in [2.45, 2.75) is 6.54 Å². The average molecular weight is 369 g/mol. The fourth-order valence-corrected chi connectivity index (χ4v) is 2.47. The van der Waals surface area contributed by atoms with Gasteiger partial charge in [-0.3, -0.25) is 4.79 Å². The molecule has 0 aliphatic carbocycles. The molecule has 2 aromatic carbocycles. The second-order valence-corrected chi connectivity index (χ2v) is 5.88. The number of nitrogens with zero attached hydrogens (tertiary/aromatic N) is 2. The number of anilines is 2. The smallest absolute Gasteiger partial charge is 0.276 e. The van der Waals surface area contributed by atoms with Crippen molar-refractivity contribution in [1.82, 2.24) is 10.2 Å². The van der Waals surface area contributed by atoms with Gasteiger partial charge in [0.1, 0.15) is 11.6 Å². The Labute approximate surface area is 156 Å². The summed E-state index contributed by atoms with van der Waals surface area (Å²) in [6, 6.07) is 18.2. The molecule has 7 heteroatoms. The Morgan fingerprint density at radius 1 is 1.08 bits per heavy atom. The standard InChI is InChI=1S/C19H17ClN4O2/c1-26-17-9-7-14(20)11-16(17)22-19(25)15-8-10-18(24-23-15)21-12-13-5-3-2-4-6-13/h2-11H,12H2,1H3,(H,21,24)(H,22,25). The minimum atomic E-state index is -0.396. The number of benzene rings is 2. The molecule has 26 heavy (non-hydrogen) atoms. The summed E-state index contributed by atoms with van der Waals surface area (Å²) in [5.41, 5.74) is 1.79. The van der Waals surface area contributed by atoms with Crippen LogP contribution in [0, 0.1) is 0 Å². The van der Waals surface area contributed by atoms with E-state index in [1.54, 1.807) is 30.3 Å². The average Bonchev–Trinajstić information content (AvgIpc) is 2.68. The van der Waals surface area contributed by atoms with Crippen molar-refractivity contribution in [3.63, 3.8) is 0 Å². The zero-order valence-electron chi connectivity index (χ0n) is 14.1. The van der Waals surface area contributed by atoms with Crippen LogP contribution in [0.25, 0.3) is 0 Å². The van der Waals surface area contributed by atoms with Gasteiger partial charge in [-0.1, -0.05) is 41.9 Å². The molecule has 6 nitrogen and oxygen atoms in total. The number of amides is 1. The number of halogens is 1. The van der Waals surface area contributed by atoms with Crippen LogP contribution in [0.5, 0.6) is 5.75 Å². The highest BCUT2D eigenvalue weighted by molar-refractivity contribution is 6.31. The zero-order valence-corrected chi connectivity index (χ0v) is 14.8. The molecule has 0 atom stereocenters. The van der Waals surface area contributed by atoms with Crippen LogP contribution in [-0.4, -0.2) is 23.2 Å². The van der Waals surface area contributed by atoms with Gasteiger partial charge in [0.15, 0.2) is 5.69 Å². The number of nitrogens with one attached hydrogen (secondary N) is 2. The molecule has 0 saturated carbocycles. The lowest BCUT2D eigenvalue weighted by Crippen LogP contribution is -2.15. The first-order chi connectivity index (χ1) is 12.7. The van der Waals surface area contributed by atoms with Crippen LogP contribution in [0.4, 0.5) is 11.5 Å². The minimum absolute atomic E-state index is 0.192. The maximum Gasteiger partial charge on any atom is 0.276 e. The van der Waals surface area contributed by atoms with E-state index in [1.807, 2.05) is 30.3 Å². The van der Waals surface area contributed by atoms with Crippen molar-refractivity contribution < 1.29 is 9.53 Å². The first-order valence-corrected chi connectivity index (χ1v) is 8.30. The predicted molar refractivity (Wildman–Crippen MR) is 102 cm³/mol. The fourth-order valence-electron chi connectivity index (χ4n) is 2.30. The molecule has 0 aliphatic heterocycles. The Morgan fingerprint density at radius 2 is 1.88 bits per heavy atom. The highest BCUT2D eigenvalue weighted by Gasteiger charge is 2.12. The molecule has 0 radical (unpaired) electrons. The number of ether oxygens (including phenoxy) is 1. The van der Waals surface area contributed by atoms with Gasteiger partial charge in [0, 0.05) is 11.6 Å². The normalized spacial score (nSPS) is 10.2. The molecule has 0 saturated heterocycles. The van der Waals surface area contributed by atoms with E-state index in [1.165, 1.54) is 7.11 Å². The third-order valence-electron chi connectivity index (χ3n) is 3.62. The van der Waals surface area contributed by atoms with E-state index < -0.39 is 5.91 Å². The summed E-state index contributed by atoms with van der Waals surface area (Å²) >= 11 is 5.97. The van der Waals surface area contributed by atoms with Crippen LogP contribution in [-0.2, 0) is 6.54 Å². The van der Waals surface area contributed by atoms with Crippen LogP contribution in [0.3, 0.4) is 0 Å². The first kappa shape index (κ1) is 17.7. The molecule has 1 amide bonds. The molecular formula is C19H17ClN4O2. The Hall–Kier alpha value is -3.12. The van der Waals surface area contributed by atoms with Gasteiger partial charge in [-0.15, -0.1) is 10.2 Å². The minimum Gasteiger partial charge on any atom is -0.495 e. The number of carbonyl (C=O) groups excluding carboxylic acids is 1. The van der Waals surface area contributed by atoms with Gasteiger partial charge in [0.25, 0.3) is 5.91 Å². The summed E-state index contributed by atoms with van der Waals surface area (Å²) in [6.07, 6.45) is 0. The van der Waals surface area contributed by atoms with Crippen molar-refractivity contribution in [3.05, 3.63) is 76.9 Å². The number of hydrogen-bond acceptors (Lipinski definition) is 5. The summed E-state index contributed by atoms with van der Waals surface area (Å²) in [4.78, 5) is 12.4. The van der Waals surface area contributed by atoms with Gasteiger partial charge >= 0.3 is 0 Å². The van der Waals surface area contributed by atoms with E-state index in [2.05, 4.69) is 20.8 Å². The molecule has 1 aromatic heterocycles. The molecular weight excluding hydrogens is 352 g/mol. The van der Waals surface area contributed by atoms with Gasteiger partial charge in [0.05, 0.1) is 12.8 Å². The van der Waals surface area contributed by atoms with Crippen LogP contribution in [0.15, 0.2) is 60.7 Å². The molecule has 1 heterocycles. The lowest BCUT2D eigenvalue weighted by Gasteiger charge is -2.10. The van der Waals surface area contributed by atoms with Gasteiger partial charge in [0.2, 0.25) is 0 Å². The summed E-state index contributed by atoms with van der Waals surface area (Å²) in [5.74, 6) is 0.704. The number of methoxy groups -OCH3 is 1. The summed E-state index contributed by atoms with van der Waals surface area (Å²) in [7, 11) is 1.52. The number of hydrogen-bond donors (Lipinski definition) is 2. The Balaban J connectivity index is 1.64. The van der Waals surface area contributed by atoms with Crippen molar-refractivity contribution in [3.8, 4) is 5.75 Å². The molecule has 0 unspecified atom stereocenters. The Morgan fingerprint density at radius 3 is 2.58 bits per heavy atom. The summed E-state index contributed by atoms with van der Waals surface area (Å²) in [5, 5.41) is 14.4. The Bertz CT molecular complexity index is 886. The van der Waals surface area contributed by atoms with Crippen LogP contribution >= 0.6 is 11.6 Å². The van der Waals surface area contributed by atoms with E-state index in [-0.39, 0.29) is 5.69 Å². The summed E-state index contributed by atoms with van der Waals surface area (Å²) in [6.45, 7) is 0.626. The van der Waals surface area contributed by atoms with Crippen LogP contribution in [0.2, 0.25) is 5.02 Å². The molecule has 0 fully saturated rings. The Kier molecular flexibility index (Phi) is 5.66. The van der Waals surface area contributed by atoms with Crippen molar-refractivity contribution in [1.29, 1.82) is 0 Å². The van der Waals surface area contributed by atoms with E-state index in [9.17, 15) is 4.79 Å². The van der Waals surface area contributed by atoms with Gasteiger partial charge in [-0.05, 0) is 35.9 Å². The molecule has 132 valence electrons. The zero-order chi connectivity index (χ0) is 18.4. The lowest BCUT2D eigenvalue weighted by atomic mass is 10.2. The third kappa shape index (κ3) is 4.49. The molecule has 0 bridgehead atoms. The molecule has 2 N–H and O–H groups in total. The highest BCUT2D eigenvalue weighted by Crippen LogP contribution is 2.27. The second kappa shape index (κ2) is 8.31. The van der Waals surface area contributed by atoms with Crippen molar-refractivity contribution in [2.75, 3.05) is 17.7 Å². The maximum atomic E-state index is 12.4. The predicted octanol–water partition coefficient (Wildman–Crippen LogP) is 4.00. The molecule has 3 aromatic rings. The molecule has 0 spiro atoms. The molecule has 0 aliphatic rings. The van der Waals surface area contributed by atoms with Crippen LogP contribution < -0.4 is 15.4 Å². The van der Waals surface area contributed by atoms with E-state index in [0.717, 1.165) is 5.56 Å². The van der Waals surface area contributed by atoms with Gasteiger partial charge in [-0.25, -0.2) is 0 Å². The summed E-state index contributed by atoms with van der Waals surface area (Å²) < 4.78 is 5.21. The molecule has 3 rings (SSSR count). The van der Waals surface area contributed by atoms with E-state index in [4.69, 9.17) is 16.3 Å².